The smallest absolute Gasteiger partial charge is 0.287 e. The molecule has 2 heterocycles. The average molecular weight is 323 g/mol. The first kappa shape index (κ1) is 15.7. The zero-order valence-corrected chi connectivity index (χ0v) is 12.2. The number of thioether (sulfide) groups is 1. The van der Waals surface area contributed by atoms with E-state index in [1.165, 1.54) is 36.4 Å². The van der Waals surface area contributed by atoms with Gasteiger partial charge < -0.3 is 10.6 Å². The first-order valence-corrected chi connectivity index (χ1v) is 7.23. The molecule has 0 radical (unpaired) electrons. The van der Waals surface area contributed by atoms with Crippen LogP contribution in [0.3, 0.4) is 0 Å². The number of hydrogen-bond donors (Lipinski definition) is 3. The molecule has 2 aromatic heterocycles. The van der Waals surface area contributed by atoms with Gasteiger partial charge >= 0.3 is 0 Å². The molecule has 0 fully saturated rings. The summed E-state index contributed by atoms with van der Waals surface area (Å²) in [5, 5.41) is 23.1. The zero-order valence-electron chi connectivity index (χ0n) is 11.4. The molecule has 0 saturated carbocycles. The first-order valence-electron chi connectivity index (χ1n) is 6.24. The summed E-state index contributed by atoms with van der Waals surface area (Å²) in [6, 6.07) is 2.88. The number of nitro groups is 1. The van der Waals surface area contributed by atoms with E-state index in [1.54, 1.807) is 0 Å². The van der Waals surface area contributed by atoms with Crippen LogP contribution >= 0.6 is 11.8 Å². The highest BCUT2D eigenvalue weighted by molar-refractivity contribution is 7.99. The molecule has 10 nitrogen and oxygen atoms in total. The normalized spacial score (nSPS) is 10.2. The van der Waals surface area contributed by atoms with Crippen molar-refractivity contribution in [2.24, 2.45) is 0 Å². The van der Waals surface area contributed by atoms with Crippen molar-refractivity contribution in [1.82, 2.24) is 25.5 Å². The standard InChI is InChI=1S/C11H13N7O3S/c19-10(6-22-11-15-7-16-17-11)13-4-3-12-9-2-1-8(5-14-9)18(20)21/h1-2,5,7H,3-4,6H2,(H,12,14)(H,13,19)(H,15,16,17). The van der Waals surface area contributed by atoms with Gasteiger partial charge in [-0.15, -0.1) is 0 Å². The Morgan fingerprint density at radius 1 is 1.36 bits per heavy atom. The van der Waals surface area contributed by atoms with Gasteiger partial charge in [0.2, 0.25) is 5.91 Å². The van der Waals surface area contributed by atoms with E-state index in [1.807, 2.05) is 0 Å². The van der Waals surface area contributed by atoms with Crippen molar-refractivity contribution >= 4 is 29.2 Å². The lowest BCUT2D eigenvalue weighted by Crippen LogP contribution is -2.30. The number of amides is 1. The van der Waals surface area contributed by atoms with Crippen molar-refractivity contribution in [3.63, 3.8) is 0 Å². The summed E-state index contributed by atoms with van der Waals surface area (Å²) in [4.78, 5) is 29.3. The highest BCUT2D eigenvalue weighted by atomic mass is 32.2. The molecule has 0 saturated heterocycles. The van der Waals surface area contributed by atoms with Gasteiger partial charge in [0.05, 0.1) is 10.7 Å². The van der Waals surface area contributed by atoms with Crippen LogP contribution in [0.5, 0.6) is 0 Å². The Labute approximate surface area is 129 Å². The summed E-state index contributed by atoms with van der Waals surface area (Å²) in [6.07, 6.45) is 2.55. The van der Waals surface area contributed by atoms with Crippen molar-refractivity contribution in [3.8, 4) is 0 Å². The number of pyridine rings is 1. The van der Waals surface area contributed by atoms with E-state index >= 15 is 0 Å². The molecule has 1 amide bonds. The van der Waals surface area contributed by atoms with E-state index in [0.29, 0.717) is 24.1 Å². The number of nitrogens with one attached hydrogen (secondary N) is 3. The van der Waals surface area contributed by atoms with Crippen LogP contribution in [0.25, 0.3) is 0 Å². The SMILES string of the molecule is O=C(CSc1ncn[nH]1)NCCNc1ccc([N+](=O)[O-])cn1. The van der Waals surface area contributed by atoms with Gasteiger partial charge in [0, 0.05) is 19.2 Å². The number of aromatic amines is 1. The monoisotopic (exact) mass is 323 g/mol. The number of hydrogen-bond acceptors (Lipinski definition) is 8. The Bertz CT molecular complexity index is 617. The van der Waals surface area contributed by atoms with Crippen molar-refractivity contribution < 1.29 is 9.72 Å². The van der Waals surface area contributed by atoms with Crippen LogP contribution in [0.1, 0.15) is 0 Å². The summed E-state index contributed by atoms with van der Waals surface area (Å²) in [7, 11) is 0. The van der Waals surface area contributed by atoms with Gasteiger partial charge in [0.1, 0.15) is 18.3 Å². The fourth-order valence-electron chi connectivity index (χ4n) is 1.44. The second kappa shape index (κ2) is 7.93. The van der Waals surface area contributed by atoms with Crippen molar-refractivity contribution in [2.75, 3.05) is 24.2 Å². The van der Waals surface area contributed by atoms with Gasteiger partial charge in [-0.25, -0.2) is 9.97 Å². The Morgan fingerprint density at radius 3 is 2.86 bits per heavy atom. The number of aromatic nitrogens is 4. The molecule has 3 N–H and O–H groups in total. The second-order valence-corrected chi connectivity index (χ2v) is 4.98. The van der Waals surface area contributed by atoms with Crippen molar-refractivity contribution in [2.45, 2.75) is 5.16 Å². The maximum Gasteiger partial charge on any atom is 0.287 e. The Hall–Kier alpha value is -2.69. The predicted octanol–water partition coefficient (Wildman–Crippen LogP) is 0.428. The molecule has 0 bridgehead atoms. The summed E-state index contributed by atoms with van der Waals surface area (Å²) in [5.74, 6) is 0.626. The molecule has 11 heteroatoms. The van der Waals surface area contributed by atoms with Crippen LogP contribution in [0.2, 0.25) is 0 Å². The van der Waals surface area contributed by atoms with Crippen LogP contribution in [-0.4, -0.2) is 49.8 Å². The van der Waals surface area contributed by atoms with Gasteiger partial charge in [-0.3, -0.25) is 20.0 Å². The third kappa shape index (κ3) is 5.01. The van der Waals surface area contributed by atoms with Gasteiger partial charge in [0.15, 0.2) is 5.16 Å². The minimum absolute atomic E-state index is 0.0664. The number of H-pyrrole nitrogens is 1. The third-order valence-electron chi connectivity index (χ3n) is 2.44. The molecule has 0 unspecified atom stereocenters. The van der Waals surface area contributed by atoms with Crippen molar-refractivity contribution in [1.29, 1.82) is 0 Å². The summed E-state index contributed by atoms with van der Waals surface area (Å²) in [5.41, 5.74) is -0.0664. The maximum absolute atomic E-state index is 11.6. The van der Waals surface area contributed by atoms with Crippen LogP contribution in [0.4, 0.5) is 11.5 Å². The Balaban J connectivity index is 1.62. The lowest BCUT2D eigenvalue weighted by molar-refractivity contribution is -0.385. The molecule has 2 rings (SSSR count). The van der Waals surface area contributed by atoms with Crippen molar-refractivity contribution in [3.05, 3.63) is 34.8 Å². The number of anilines is 1. The minimum atomic E-state index is -0.511. The van der Waals surface area contributed by atoms with E-state index in [0.717, 1.165) is 0 Å². The molecule has 0 atom stereocenters. The van der Waals surface area contributed by atoms with Gasteiger partial charge in [-0.05, 0) is 6.07 Å². The van der Waals surface area contributed by atoms with E-state index in [9.17, 15) is 14.9 Å². The predicted molar refractivity (Wildman–Crippen MR) is 79.5 cm³/mol. The molecule has 116 valence electrons. The number of carbonyl (C=O) groups is 1. The number of nitrogens with zero attached hydrogens (tertiary/aromatic N) is 4. The summed E-state index contributed by atoms with van der Waals surface area (Å²) >= 11 is 1.26. The minimum Gasteiger partial charge on any atom is -0.368 e. The molecular formula is C11H13N7O3S. The van der Waals surface area contributed by atoms with Gasteiger partial charge in [-0.1, -0.05) is 11.8 Å². The maximum atomic E-state index is 11.6. The van der Waals surface area contributed by atoms with E-state index in [4.69, 9.17) is 0 Å². The summed E-state index contributed by atoms with van der Waals surface area (Å²) < 4.78 is 0. The highest BCUT2D eigenvalue weighted by Gasteiger charge is 2.06. The summed E-state index contributed by atoms with van der Waals surface area (Å²) in [6.45, 7) is 0.873. The van der Waals surface area contributed by atoms with Crippen LogP contribution in [0, 0.1) is 10.1 Å². The molecule has 0 spiro atoms. The molecule has 2 aromatic rings. The lowest BCUT2D eigenvalue weighted by atomic mass is 10.4. The van der Waals surface area contributed by atoms with Gasteiger partial charge in [-0.2, -0.15) is 5.10 Å². The van der Waals surface area contributed by atoms with Crippen LogP contribution < -0.4 is 10.6 Å². The third-order valence-corrected chi connectivity index (χ3v) is 3.32. The zero-order chi connectivity index (χ0) is 15.8. The van der Waals surface area contributed by atoms with E-state index < -0.39 is 4.92 Å². The molecular weight excluding hydrogens is 310 g/mol. The number of carbonyl (C=O) groups excluding carboxylic acids is 1. The number of rotatable bonds is 8. The fourth-order valence-corrected chi connectivity index (χ4v) is 2.05. The highest BCUT2D eigenvalue weighted by Crippen LogP contribution is 2.11. The second-order valence-electron chi connectivity index (χ2n) is 4.01. The largest absolute Gasteiger partial charge is 0.368 e. The molecule has 0 aliphatic carbocycles. The fraction of sp³-hybridized carbons (Fsp3) is 0.273. The molecule has 0 aliphatic heterocycles. The van der Waals surface area contributed by atoms with E-state index in [2.05, 4.69) is 30.8 Å². The van der Waals surface area contributed by atoms with Crippen LogP contribution in [0.15, 0.2) is 29.8 Å². The molecule has 0 aliphatic rings. The molecule has 0 aromatic carbocycles. The lowest BCUT2D eigenvalue weighted by Gasteiger charge is -2.06. The van der Waals surface area contributed by atoms with Crippen LogP contribution in [-0.2, 0) is 4.79 Å². The molecule has 22 heavy (non-hydrogen) atoms. The Morgan fingerprint density at radius 2 is 2.23 bits per heavy atom. The topological polar surface area (TPSA) is 139 Å². The average Bonchev–Trinajstić information content (AvgIpc) is 3.03. The Kier molecular flexibility index (Phi) is 5.65. The quantitative estimate of drug-likeness (QED) is 0.275. The van der Waals surface area contributed by atoms with Gasteiger partial charge in [0.25, 0.3) is 5.69 Å². The first-order chi connectivity index (χ1) is 10.6. The van der Waals surface area contributed by atoms with E-state index in [-0.39, 0.29) is 17.3 Å².